The molecule has 5 nitrogen and oxygen atoms in total. The van der Waals surface area contributed by atoms with Gasteiger partial charge in [-0.15, -0.1) is 0 Å². The largest absolute Gasteiger partial charge is 0.354 e. The Bertz CT molecular complexity index is 691. The lowest BCUT2D eigenvalue weighted by Crippen LogP contribution is -2.58. The number of carbonyl (C=O) groups is 2. The van der Waals surface area contributed by atoms with Crippen LogP contribution in [0.15, 0.2) is 24.3 Å². The minimum atomic E-state index is -0.0442. The molecule has 1 saturated carbocycles. The Morgan fingerprint density at radius 3 is 2.38 bits per heavy atom. The summed E-state index contributed by atoms with van der Waals surface area (Å²) in [6.45, 7) is 10.0. The van der Waals surface area contributed by atoms with E-state index >= 15 is 0 Å². The van der Waals surface area contributed by atoms with Crippen LogP contribution in [0.25, 0.3) is 0 Å². The summed E-state index contributed by atoms with van der Waals surface area (Å²) in [5, 5.41) is 3.21. The van der Waals surface area contributed by atoms with Gasteiger partial charge in [-0.2, -0.15) is 0 Å². The van der Waals surface area contributed by atoms with E-state index in [0.717, 1.165) is 50.0 Å². The zero-order chi connectivity index (χ0) is 20.8. The highest BCUT2D eigenvalue weighted by atomic mass is 16.2. The zero-order valence-electron chi connectivity index (χ0n) is 18.3. The number of nitrogens with zero attached hydrogens (tertiary/aromatic N) is 2. The van der Waals surface area contributed by atoms with Crippen molar-refractivity contribution in [1.29, 1.82) is 0 Å². The number of hydrogen-bond donors (Lipinski definition) is 1. The summed E-state index contributed by atoms with van der Waals surface area (Å²) in [7, 11) is 0. The van der Waals surface area contributed by atoms with Gasteiger partial charge in [0.1, 0.15) is 0 Å². The van der Waals surface area contributed by atoms with E-state index in [1.54, 1.807) is 0 Å². The normalized spacial score (nSPS) is 20.4. The van der Waals surface area contributed by atoms with E-state index in [1.807, 2.05) is 36.1 Å². The van der Waals surface area contributed by atoms with Gasteiger partial charge in [0.25, 0.3) is 5.91 Å². The number of piperazine rings is 1. The van der Waals surface area contributed by atoms with E-state index in [0.29, 0.717) is 24.9 Å². The number of aryl methyl sites for hydroxylation is 1. The summed E-state index contributed by atoms with van der Waals surface area (Å²) in [6.07, 6.45) is 5.82. The van der Waals surface area contributed by atoms with E-state index in [-0.39, 0.29) is 17.9 Å². The van der Waals surface area contributed by atoms with Crippen LogP contribution in [0.3, 0.4) is 0 Å². The van der Waals surface area contributed by atoms with Gasteiger partial charge in [0, 0.05) is 38.3 Å². The number of benzene rings is 1. The molecule has 1 saturated heterocycles. The van der Waals surface area contributed by atoms with Crippen molar-refractivity contribution in [2.45, 2.75) is 58.9 Å². The summed E-state index contributed by atoms with van der Waals surface area (Å²) in [5.41, 5.74) is 1.81. The molecule has 2 unspecified atom stereocenters. The predicted octanol–water partition coefficient (Wildman–Crippen LogP) is 3.47. The molecule has 0 bridgehead atoms. The zero-order valence-corrected chi connectivity index (χ0v) is 18.3. The molecule has 1 N–H and O–H groups in total. The van der Waals surface area contributed by atoms with Gasteiger partial charge >= 0.3 is 0 Å². The van der Waals surface area contributed by atoms with Crippen molar-refractivity contribution in [2.24, 2.45) is 11.8 Å². The van der Waals surface area contributed by atoms with Crippen LogP contribution in [-0.4, -0.2) is 60.4 Å². The van der Waals surface area contributed by atoms with Crippen molar-refractivity contribution in [3.8, 4) is 0 Å². The Kier molecular flexibility index (Phi) is 7.70. The smallest absolute Gasteiger partial charge is 0.254 e. The lowest BCUT2D eigenvalue weighted by atomic mass is 9.94. The Balaban J connectivity index is 1.62. The van der Waals surface area contributed by atoms with Crippen LogP contribution >= 0.6 is 0 Å². The van der Waals surface area contributed by atoms with Gasteiger partial charge in [0.05, 0.1) is 6.04 Å². The Morgan fingerprint density at radius 2 is 1.76 bits per heavy atom. The van der Waals surface area contributed by atoms with Crippen LogP contribution in [0.5, 0.6) is 0 Å². The molecule has 2 amide bonds. The van der Waals surface area contributed by atoms with Gasteiger partial charge < -0.3 is 10.2 Å². The summed E-state index contributed by atoms with van der Waals surface area (Å²) in [6, 6.07) is 7.74. The van der Waals surface area contributed by atoms with Crippen molar-refractivity contribution in [1.82, 2.24) is 15.1 Å². The van der Waals surface area contributed by atoms with E-state index in [1.165, 1.54) is 12.8 Å². The summed E-state index contributed by atoms with van der Waals surface area (Å²) in [4.78, 5) is 30.3. The fourth-order valence-electron chi connectivity index (χ4n) is 4.66. The van der Waals surface area contributed by atoms with Crippen LogP contribution < -0.4 is 5.32 Å². The number of amides is 2. The number of hydrogen-bond acceptors (Lipinski definition) is 3. The quantitative estimate of drug-likeness (QED) is 0.764. The van der Waals surface area contributed by atoms with Crippen LogP contribution in [0.2, 0.25) is 0 Å². The molecule has 0 spiro atoms. The first kappa shape index (κ1) is 21.8. The Hall–Kier alpha value is -1.88. The maximum Gasteiger partial charge on any atom is 0.254 e. The summed E-state index contributed by atoms with van der Waals surface area (Å²) >= 11 is 0. The Labute approximate surface area is 175 Å². The molecule has 3 rings (SSSR count). The first-order valence-corrected chi connectivity index (χ1v) is 11.4. The molecule has 1 heterocycles. The number of nitrogens with one attached hydrogen (secondary N) is 1. The Morgan fingerprint density at radius 1 is 1.10 bits per heavy atom. The molecule has 2 fully saturated rings. The molecular weight excluding hydrogens is 362 g/mol. The molecule has 0 aromatic heterocycles. The van der Waals surface area contributed by atoms with E-state index in [2.05, 4.69) is 24.1 Å². The average Bonchev–Trinajstić information content (AvgIpc) is 3.27. The monoisotopic (exact) mass is 399 g/mol. The second-order valence-electron chi connectivity index (χ2n) is 8.89. The van der Waals surface area contributed by atoms with E-state index < -0.39 is 0 Å². The van der Waals surface area contributed by atoms with E-state index in [4.69, 9.17) is 0 Å². The highest BCUT2D eigenvalue weighted by molar-refractivity contribution is 5.95. The van der Waals surface area contributed by atoms with Gasteiger partial charge in [0.15, 0.2) is 0 Å². The molecule has 1 aromatic rings. The number of carbonyl (C=O) groups excluding carboxylic acids is 2. The summed E-state index contributed by atoms with van der Waals surface area (Å²) < 4.78 is 0. The van der Waals surface area contributed by atoms with Gasteiger partial charge in [0.2, 0.25) is 5.91 Å². The molecule has 2 atom stereocenters. The molecule has 1 aliphatic carbocycles. The first-order chi connectivity index (χ1) is 14.0. The van der Waals surface area contributed by atoms with Crippen molar-refractivity contribution < 1.29 is 9.59 Å². The topological polar surface area (TPSA) is 52.7 Å². The molecular formula is C24H37N3O2. The third kappa shape index (κ3) is 5.39. The third-order valence-corrected chi connectivity index (χ3v) is 6.81. The van der Waals surface area contributed by atoms with Gasteiger partial charge in [-0.25, -0.2) is 0 Å². The fraction of sp³-hybridized carbons (Fsp3) is 0.667. The highest BCUT2D eigenvalue weighted by Gasteiger charge is 2.37. The van der Waals surface area contributed by atoms with Gasteiger partial charge in [-0.3, -0.25) is 14.5 Å². The maximum absolute atomic E-state index is 13.1. The molecule has 29 heavy (non-hydrogen) atoms. The van der Waals surface area contributed by atoms with Crippen LogP contribution in [-0.2, 0) is 4.79 Å². The average molecular weight is 400 g/mol. The van der Waals surface area contributed by atoms with E-state index in [9.17, 15) is 9.59 Å². The first-order valence-electron chi connectivity index (χ1n) is 11.4. The highest BCUT2D eigenvalue weighted by Crippen LogP contribution is 2.31. The van der Waals surface area contributed by atoms with Gasteiger partial charge in [-0.1, -0.05) is 51.3 Å². The predicted molar refractivity (Wildman–Crippen MR) is 117 cm³/mol. The third-order valence-electron chi connectivity index (χ3n) is 6.81. The minimum absolute atomic E-state index is 0.0442. The fourth-order valence-corrected chi connectivity index (χ4v) is 4.66. The minimum Gasteiger partial charge on any atom is -0.354 e. The van der Waals surface area contributed by atoms with Crippen molar-refractivity contribution in [3.63, 3.8) is 0 Å². The van der Waals surface area contributed by atoms with Gasteiger partial charge in [-0.05, 0) is 43.2 Å². The molecule has 1 aliphatic heterocycles. The van der Waals surface area contributed by atoms with Crippen molar-refractivity contribution in [3.05, 3.63) is 35.4 Å². The molecule has 0 radical (unpaired) electrons. The van der Waals surface area contributed by atoms with Crippen LogP contribution in [0.1, 0.15) is 61.9 Å². The van der Waals surface area contributed by atoms with Crippen LogP contribution in [0.4, 0.5) is 0 Å². The van der Waals surface area contributed by atoms with Crippen molar-refractivity contribution >= 4 is 11.8 Å². The second-order valence-corrected chi connectivity index (χ2v) is 8.89. The summed E-state index contributed by atoms with van der Waals surface area (Å²) in [5.74, 6) is 1.26. The lowest BCUT2D eigenvalue weighted by Gasteiger charge is -2.41. The molecule has 2 aliphatic rings. The number of rotatable bonds is 7. The lowest BCUT2D eigenvalue weighted by molar-refractivity contribution is -0.129. The second kappa shape index (κ2) is 10.2. The molecule has 5 heteroatoms. The SMILES string of the molecule is CCC(C)CNC(=O)C(C1CCCC1)N1CCN(C(=O)c2ccccc2C)CC1. The standard InChI is InChI=1S/C24H37N3O2/c1-4-18(2)17-25-23(28)22(20-10-6-7-11-20)26-13-15-27(16-14-26)24(29)21-12-8-5-9-19(21)3/h5,8-9,12,18,20,22H,4,6-7,10-11,13-17H2,1-3H3,(H,25,28). The van der Waals surface area contributed by atoms with Crippen LogP contribution in [0, 0.1) is 18.8 Å². The maximum atomic E-state index is 13.1. The molecule has 160 valence electrons. The molecule has 1 aromatic carbocycles. The van der Waals surface area contributed by atoms with Crippen molar-refractivity contribution in [2.75, 3.05) is 32.7 Å².